The first-order valence-corrected chi connectivity index (χ1v) is 5.23. The monoisotopic (exact) mass is 237 g/mol. The van der Waals surface area contributed by atoms with Crippen molar-refractivity contribution in [3.63, 3.8) is 0 Å². The minimum absolute atomic E-state index is 0.0251. The zero-order chi connectivity index (χ0) is 12.8. The highest BCUT2D eigenvalue weighted by atomic mass is 16.4. The van der Waals surface area contributed by atoms with E-state index in [4.69, 9.17) is 10.2 Å². The summed E-state index contributed by atoms with van der Waals surface area (Å²) in [5.74, 6) is -2.70. The third-order valence-electron chi connectivity index (χ3n) is 2.44. The lowest BCUT2D eigenvalue weighted by molar-refractivity contribution is -0.146. The summed E-state index contributed by atoms with van der Waals surface area (Å²) in [7, 11) is 0. The van der Waals surface area contributed by atoms with Crippen molar-refractivity contribution in [3.8, 4) is 0 Å². The van der Waals surface area contributed by atoms with Crippen LogP contribution in [-0.4, -0.2) is 22.1 Å². The van der Waals surface area contributed by atoms with Crippen LogP contribution in [0.4, 0.5) is 0 Å². The van der Waals surface area contributed by atoms with Crippen molar-refractivity contribution in [3.05, 3.63) is 35.4 Å². The Hall–Kier alpha value is -1.88. The quantitative estimate of drug-likeness (QED) is 0.651. The number of hydrogen-bond acceptors (Lipinski definition) is 3. The number of carbonyl (C=O) groups is 2. The van der Waals surface area contributed by atoms with Gasteiger partial charge in [0.05, 0.1) is 6.61 Å². The van der Waals surface area contributed by atoms with Gasteiger partial charge in [-0.2, -0.15) is 0 Å². The molecule has 0 spiro atoms. The number of benzene rings is 1. The fraction of sp³-hybridized carbons (Fsp3) is 0.333. The SMILES string of the molecule is CC(C(=O)O)C(=O)NCc1ccc(CO)cc1. The van der Waals surface area contributed by atoms with Crippen LogP contribution >= 0.6 is 0 Å². The standard InChI is InChI=1S/C12H15NO4/c1-8(12(16)17)11(15)13-6-9-2-4-10(7-14)5-3-9/h2-5,8,14H,6-7H2,1H3,(H,13,15)(H,16,17). The van der Waals surface area contributed by atoms with E-state index >= 15 is 0 Å². The predicted octanol–water partition coefficient (Wildman–Crippen LogP) is 0.516. The number of aliphatic hydroxyl groups excluding tert-OH is 1. The molecule has 0 aliphatic heterocycles. The third kappa shape index (κ3) is 3.88. The van der Waals surface area contributed by atoms with Crippen LogP contribution in [0.2, 0.25) is 0 Å². The Kier molecular flexibility index (Phi) is 4.66. The van der Waals surface area contributed by atoms with Gasteiger partial charge in [0.25, 0.3) is 0 Å². The maximum atomic E-state index is 11.3. The zero-order valence-corrected chi connectivity index (χ0v) is 9.51. The third-order valence-corrected chi connectivity index (χ3v) is 2.44. The minimum atomic E-state index is -1.14. The molecule has 0 radical (unpaired) electrons. The molecule has 1 unspecified atom stereocenters. The topological polar surface area (TPSA) is 86.6 Å². The number of aliphatic hydroxyl groups is 1. The minimum Gasteiger partial charge on any atom is -0.481 e. The highest BCUT2D eigenvalue weighted by Crippen LogP contribution is 2.04. The van der Waals surface area contributed by atoms with Crippen molar-refractivity contribution in [1.82, 2.24) is 5.32 Å². The second kappa shape index (κ2) is 6.00. The molecule has 5 nitrogen and oxygen atoms in total. The largest absolute Gasteiger partial charge is 0.481 e. The van der Waals surface area contributed by atoms with E-state index in [1.165, 1.54) is 6.92 Å². The summed E-state index contributed by atoms with van der Waals surface area (Å²) in [6.07, 6.45) is 0. The molecule has 5 heteroatoms. The average molecular weight is 237 g/mol. The molecule has 0 saturated carbocycles. The number of nitrogens with one attached hydrogen (secondary N) is 1. The lowest BCUT2D eigenvalue weighted by Crippen LogP contribution is -2.33. The molecule has 1 aromatic rings. The van der Waals surface area contributed by atoms with Crippen molar-refractivity contribution in [2.24, 2.45) is 5.92 Å². The molecule has 17 heavy (non-hydrogen) atoms. The Morgan fingerprint density at radius 3 is 2.24 bits per heavy atom. The molecule has 0 saturated heterocycles. The number of carbonyl (C=O) groups excluding carboxylic acids is 1. The van der Waals surface area contributed by atoms with Crippen LogP contribution in [0.3, 0.4) is 0 Å². The van der Waals surface area contributed by atoms with Crippen LogP contribution in [0.15, 0.2) is 24.3 Å². The number of carboxylic acid groups (broad SMARTS) is 1. The van der Waals surface area contributed by atoms with Crippen LogP contribution in [0.1, 0.15) is 18.1 Å². The molecule has 0 aliphatic carbocycles. The van der Waals surface area contributed by atoms with E-state index in [0.29, 0.717) is 0 Å². The van der Waals surface area contributed by atoms with Gasteiger partial charge in [0.1, 0.15) is 5.92 Å². The van der Waals surface area contributed by atoms with Gasteiger partial charge in [-0.15, -0.1) is 0 Å². The van der Waals surface area contributed by atoms with Crippen LogP contribution in [-0.2, 0) is 22.7 Å². The molecule has 1 atom stereocenters. The Labute approximate surface area is 99.1 Å². The van der Waals surface area contributed by atoms with Crippen LogP contribution in [0.25, 0.3) is 0 Å². The van der Waals surface area contributed by atoms with Gasteiger partial charge in [-0.25, -0.2) is 0 Å². The summed E-state index contributed by atoms with van der Waals surface area (Å²) in [6.45, 7) is 1.59. The van der Waals surface area contributed by atoms with Crippen molar-refractivity contribution in [2.45, 2.75) is 20.1 Å². The maximum absolute atomic E-state index is 11.3. The van der Waals surface area contributed by atoms with Crippen LogP contribution in [0, 0.1) is 5.92 Å². The molecule has 0 aromatic heterocycles. The molecular formula is C12H15NO4. The fourth-order valence-electron chi connectivity index (χ4n) is 1.22. The summed E-state index contributed by atoms with van der Waals surface area (Å²) in [5, 5.41) is 20.0. The van der Waals surface area contributed by atoms with E-state index in [1.807, 2.05) is 0 Å². The lowest BCUT2D eigenvalue weighted by atomic mass is 10.1. The molecule has 0 heterocycles. The highest BCUT2D eigenvalue weighted by molar-refractivity contribution is 5.96. The first-order valence-electron chi connectivity index (χ1n) is 5.23. The number of rotatable bonds is 5. The summed E-state index contributed by atoms with van der Waals surface area (Å²) in [4.78, 5) is 21.9. The molecule has 1 aromatic carbocycles. The molecule has 3 N–H and O–H groups in total. The van der Waals surface area contributed by atoms with Gasteiger partial charge < -0.3 is 15.5 Å². The summed E-state index contributed by atoms with van der Waals surface area (Å²) in [6, 6.07) is 7.05. The van der Waals surface area contributed by atoms with E-state index < -0.39 is 17.8 Å². The van der Waals surface area contributed by atoms with E-state index in [-0.39, 0.29) is 13.2 Å². The van der Waals surface area contributed by atoms with E-state index in [2.05, 4.69) is 5.32 Å². The van der Waals surface area contributed by atoms with E-state index in [9.17, 15) is 9.59 Å². The Bertz CT molecular complexity index is 399. The van der Waals surface area contributed by atoms with Gasteiger partial charge in [0.15, 0.2) is 0 Å². The van der Waals surface area contributed by atoms with Crippen LogP contribution in [0.5, 0.6) is 0 Å². The van der Waals surface area contributed by atoms with Crippen molar-refractivity contribution in [2.75, 3.05) is 0 Å². The number of aliphatic carboxylic acids is 1. The van der Waals surface area contributed by atoms with Crippen molar-refractivity contribution < 1.29 is 19.8 Å². The first-order chi connectivity index (χ1) is 8.04. The van der Waals surface area contributed by atoms with Gasteiger partial charge in [-0.3, -0.25) is 9.59 Å². The molecule has 92 valence electrons. The Balaban J connectivity index is 2.50. The zero-order valence-electron chi connectivity index (χ0n) is 9.51. The van der Waals surface area contributed by atoms with Gasteiger partial charge in [-0.1, -0.05) is 24.3 Å². The fourth-order valence-corrected chi connectivity index (χ4v) is 1.22. The molecule has 0 fully saturated rings. The maximum Gasteiger partial charge on any atom is 0.315 e. The summed E-state index contributed by atoms with van der Waals surface area (Å²) in [5.41, 5.74) is 1.65. The predicted molar refractivity (Wildman–Crippen MR) is 61.0 cm³/mol. The number of hydrogen-bond donors (Lipinski definition) is 3. The second-order valence-electron chi connectivity index (χ2n) is 3.75. The van der Waals surface area contributed by atoms with Crippen LogP contribution < -0.4 is 5.32 Å². The molecule has 1 rings (SSSR count). The van der Waals surface area contributed by atoms with Gasteiger partial charge >= 0.3 is 5.97 Å². The van der Waals surface area contributed by atoms with Gasteiger partial charge in [-0.05, 0) is 18.1 Å². The normalized spacial score (nSPS) is 11.9. The molecule has 0 aliphatic rings. The molecule has 0 bridgehead atoms. The smallest absolute Gasteiger partial charge is 0.315 e. The van der Waals surface area contributed by atoms with Gasteiger partial charge in [0, 0.05) is 6.54 Å². The number of carboxylic acids is 1. The van der Waals surface area contributed by atoms with E-state index in [1.54, 1.807) is 24.3 Å². The van der Waals surface area contributed by atoms with E-state index in [0.717, 1.165) is 11.1 Å². The Morgan fingerprint density at radius 2 is 1.76 bits per heavy atom. The first kappa shape index (κ1) is 13.2. The Morgan fingerprint density at radius 1 is 1.24 bits per heavy atom. The van der Waals surface area contributed by atoms with Gasteiger partial charge in [0.2, 0.25) is 5.91 Å². The highest BCUT2D eigenvalue weighted by Gasteiger charge is 2.19. The average Bonchev–Trinajstić information content (AvgIpc) is 2.35. The summed E-state index contributed by atoms with van der Waals surface area (Å²) < 4.78 is 0. The number of amides is 1. The molecule has 1 amide bonds. The van der Waals surface area contributed by atoms with Crippen molar-refractivity contribution >= 4 is 11.9 Å². The van der Waals surface area contributed by atoms with Crippen molar-refractivity contribution in [1.29, 1.82) is 0 Å². The summed E-state index contributed by atoms with van der Waals surface area (Å²) >= 11 is 0. The molecular weight excluding hydrogens is 222 g/mol. The second-order valence-corrected chi connectivity index (χ2v) is 3.75. The lowest BCUT2D eigenvalue weighted by Gasteiger charge is -2.08.